The van der Waals surface area contributed by atoms with Crippen LogP contribution in [0.15, 0.2) is 24.3 Å². The van der Waals surface area contributed by atoms with Gasteiger partial charge in [-0.25, -0.2) is 0 Å². The van der Waals surface area contributed by atoms with Gasteiger partial charge in [0.25, 0.3) is 0 Å². The second kappa shape index (κ2) is 4.80. The Hall–Kier alpha value is -1.82. The van der Waals surface area contributed by atoms with Gasteiger partial charge in [0.2, 0.25) is 0 Å². The minimum atomic E-state index is -0.583. The van der Waals surface area contributed by atoms with Crippen molar-refractivity contribution in [2.75, 3.05) is 6.54 Å². The van der Waals surface area contributed by atoms with Crippen LogP contribution in [-0.2, 0) is 10.2 Å². The molecule has 84 valence electrons. The van der Waals surface area contributed by atoms with E-state index in [1.807, 2.05) is 39.0 Å². The van der Waals surface area contributed by atoms with E-state index in [1.54, 1.807) is 6.07 Å². The Kier molecular flexibility index (Phi) is 3.68. The van der Waals surface area contributed by atoms with Gasteiger partial charge >= 0.3 is 5.91 Å². The first-order chi connectivity index (χ1) is 7.45. The Morgan fingerprint density at radius 2 is 2.19 bits per heavy atom. The lowest BCUT2D eigenvalue weighted by molar-refractivity contribution is -0.116. The molecule has 3 heteroatoms. The molecule has 0 saturated carbocycles. The van der Waals surface area contributed by atoms with Gasteiger partial charge in [0.05, 0.1) is 0 Å². The highest BCUT2D eigenvalue weighted by atomic mass is 16.1. The molecule has 0 saturated heterocycles. The monoisotopic (exact) mass is 216 g/mol. The summed E-state index contributed by atoms with van der Waals surface area (Å²) in [5.74, 6) is -0.583. The standard InChI is InChI=1S/C13H16N2O/c1-10-5-4-6-11(7-10)13(2,3)9-15-12(16)8-14/h4-7H,9H2,1-3H3,(H,15,16). The van der Waals surface area contributed by atoms with Gasteiger partial charge in [0.15, 0.2) is 6.07 Å². The fourth-order valence-corrected chi connectivity index (χ4v) is 1.51. The quantitative estimate of drug-likeness (QED) is 0.785. The van der Waals surface area contributed by atoms with Crippen LogP contribution < -0.4 is 5.32 Å². The lowest BCUT2D eigenvalue weighted by atomic mass is 9.84. The molecule has 1 aromatic carbocycles. The molecule has 0 heterocycles. The van der Waals surface area contributed by atoms with Crippen molar-refractivity contribution in [3.63, 3.8) is 0 Å². The lowest BCUT2D eigenvalue weighted by Gasteiger charge is -2.25. The van der Waals surface area contributed by atoms with E-state index >= 15 is 0 Å². The first-order valence-corrected chi connectivity index (χ1v) is 5.21. The maximum atomic E-state index is 10.9. The SMILES string of the molecule is Cc1cccc(C(C)(C)CNC(=O)C#N)c1. The molecule has 1 N–H and O–H groups in total. The summed E-state index contributed by atoms with van der Waals surface area (Å²) in [4.78, 5) is 10.9. The first kappa shape index (κ1) is 12.3. The van der Waals surface area contributed by atoms with Crippen LogP contribution in [0, 0.1) is 18.3 Å². The molecule has 0 radical (unpaired) electrons. The van der Waals surface area contributed by atoms with Crippen molar-refractivity contribution in [2.24, 2.45) is 0 Å². The number of carbonyl (C=O) groups is 1. The highest BCUT2D eigenvalue weighted by molar-refractivity contribution is 5.91. The van der Waals surface area contributed by atoms with Crippen LogP contribution in [0.1, 0.15) is 25.0 Å². The number of aryl methyl sites for hydroxylation is 1. The summed E-state index contributed by atoms with van der Waals surface area (Å²) in [5, 5.41) is 11.0. The van der Waals surface area contributed by atoms with Gasteiger partial charge in [-0.1, -0.05) is 43.7 Å². The van der Waals surface area contributed by atoms with Crippen molar-refractivity contribution in [3.8, 4) is 6.07 Å². The van der Waals surface area contributed by atoms with Gasteiger partial charge in [-0.2, -0.15) is 5.26 Å². The Morgan fingerprint density at radius 3 is 2.75 bits per heavy atom. The molecule has 0 fully saturated rings. The summed E-state index contributed by atoms with van der Waals surface area (Å²) < 4.78 is 0. The highest BCUT2D eigenvalue weighted by Crippen LogP contribution is 2.22. The molecule has 3 nitrogen and oxygen atoms in total. The molecule has 0 atom stereocenters. The summed E-state index contributed by atoms with van der Waals surface area (Å²) in [7, 11) is 0. The number of benzene rings is 1. The van der Waals surface area contributed by atoms with Crippen LogP contribution in [0.3, 0.4) is 0 Å². The van der Waals surface area contributed by atoms with E-state index < -0.39 is 5.91 Å². The van der Waals surface area contributed by atoms with Crippen molar-refractivity contribution in [3.05, 3.63) is 35.4 Å². The molecule has 0 aromatic heterocycles. The van der Waals surface area contributed by atoms with Crippen LogP contribution in [0.2, 0.25) is 0 Å². The summed E-state index contributed by atoms with van der Waals surface area (Å²) in [5.41, 5.74) is 2.18. The second-order valence-corrected chi connectivity index (χ2v) is 4.55. The summed E-state index contributed by atoms with van der Waals surface area (Å²) in [6, 6.07) is 9.71. The van der Waals surface area contributed by atoms with Gasteiger partial charge in [0.1, 0.15) is 0 Å². The molecule has 0 aliphatic carbocycles. The van der Waals surface area contributed by atoms with E-state index in [1.165, 1.54) is 5.56 Å². The summed E-state index contributed by atoms with van der Waals surface area (Å²) in [6.07, 6.45) is 0. The molecule has 16 heavy (non-hydrogen) atoms. The van der Waals surface area contributed by atoms with E-state index in [2.05, 4.69) is 11.4 Å². The van der Waals surface area contributed by atoms with E-state index in [0.29, 0.717) is 6.54 Å². The molecule has 0 bridgehead atoms. The van der Waals surface area contributed by atoms with Crippen LogP contribution >= 0.6 is 0 Å². The number of nitrogens with one attached hydrogen (secondary N) is 1. The Morgan fingerprint density at radius 1 is 1.50 bits per heavy atom. The number of nitrogens with zero attached hydrogens (tertiary/aromatic N) is 1. The van der Waals surface area contributed by atoms with Crippen molar-refractivity contribution in [1.29, 1.82) is 5.26 Å². The number of rotatable bonds is 3. The average Bonchev–Trinajstić information content (AvgIpc) is 2.26. The van der Waals surface area contributed by atoms with Gasteiger partial charge in [0, 0.05) is 12.0 Å². The van der Waals surface area contributed by atoms with Crippen molar-refractivity contribution < 1.29 is 4.79 Å². The molecule has 1 rings (SSSR count). The largest absolute Gasteiger partial charge is 0.343 e. The van der Waals surface area contributed by atoms with Crippen LogP contribution in [-0.4, -0.2) is 12.5 Å². The predicted octanol–water partition coefficient (Wildman–Crippen LogP) is 1.91. The van der Waals surface area contributed by atoms with E-state index in [9.17, 15) is 4.79 Å². The molecule has 0 aliphatic rings. The number of hydrogen-bond donors (Lipinski definition) is 1. The van der Waals surface area contributed by atoms with E-state index in [-0.39, 0.29) is 5.41 Å². The number of carbonyl (C=O) groups excluding carboxylic acids is 1. The second-order valence-electron chi connectivity index (χ2n) is 4.55. The fourth-order valence-electron chi connectivity index (χ4n) is 1.51. The normalized spacial score (nSPS) is 10.6. The lowest BCUT2D eigenvalue weighted by Crippen LogP contribution is -2.36. The van der Waals surface area contributed by atoms with Crippen LogP contribution in [0.4, 0.5) is 0 Å². The van der Waals surface area contributed by atoms with Gasteiger partial charge < -0.3 is 5.32 Å². The third-order valence-electron chi connectivity index (χ3n) is 2.59. The van der Waals surface area contributed by atoms with Crippen molar-refractivity contribution >= 4 is 5.91 Å². The Labute approximate surface area is 96.1 Å². The first-order valence-electron chi connectivity index (χ1n) is 5.21. The molecule has 0 aliphatic heterocycles. The maximum absolute atomic E-state index is 10.9. The zero-order valence-corrected chi connectivity index (χ0v) is 9.87. The van der Waals surface area contributed by atoms with Gasteiger partial charge in [-0.15, -0.1) is 0 Å². The van der Waals surface area contributed by atoms with E-state index in [4.69, 9.17) is 5.26 Å². The van der Waals surface area contributed by atoms with Gasteiger partial charge in [-0.05, 0) is 12.5 Å². The third kappa shape index (κ3) is 3.09. The smallest absolute Gasteiger partial charge is 0.322 e. The molecule has 1 aromatic rings. The topological polar surface area (TPSA) is 52.9 Å². The maximum Gasteiger partial charge on any atom is 0.322 e. The zero-order valence-electron chi connectivity index (χ0n) is 9.87. The predicted molar refractivity (Wildman–Crippen MR) is 62.8 cm³/mol. The highest BCUT2D eigenvalue weighted by Gasteiger charge is 2.21. The third-order valence-corrected chi connectivity index (χ3v) is 2.59. The Bertz CT molecular complexity index is 430. The van der Waals surface area contributed by atoms with Crippen molar-refractivity contribution in [1.82, 2.24) is 5.32 Å². The summed E-state index contributed by atoms with van der Waals surface area (Å²) >= 11 is 0. The average molecular weight is 216 g/mol. The molecule has 1 amide bonds. The minimum Gasteiger partial charge on any atom is -0.343 e. The van der Waals surface area contributed by atoms with Gasteiger partial charge in [-0.3, -0.25) is 4.79 Å². The number of nitriles is 1. The fraction of sp³-hybridized carbons (Fsp3) is 0.385. The zero-order chi connectivity index (χ0) is 12.2. The molecule has 0 unspecified atom stereocenters. The Balaban J connectivity index is 2.78. The molecular weight excluding hydrogens is 200 g/mol. The van der Waals surface area contributed by atoms with Crippen molar-refractivity contribution in [2.45, 2.75) is 26.2 Å². The molecule has 0 spiro atoms. The minimum absolute atomic E-state index is 0.168. The number of amides is 1. The van der Waals surface area contributed by atoms with Crippen LogP contribution in [0.5, 0.6) is 0 Å². The molecular formula is C13H16N2O. The summed E-state index contributed by atoms with van der Waals surface area (Å²) in [6.45, 7) is 6.58. The van der Waals surface area contributed by atoms with Crippen LogP contribution in [0.25, 0.3) is 0 Å². The number of hydrogen-bond acceptors (Lipinski definition) is 2. The van der Waals surface area contributed by atoms with E-state index in [0.717, 1.165) is 5.56 Å².